The molecule has 1 atom stereocenters. The lowest BCUT2D eigenvalue weighted by Crippen LogP contribution is -2.34. The van der Waals surface area contributed by atoms with Crippen LogP contribution in [0.2, 0.25) is 0 Å². The average Bonchev–Trinajstić information content (AvgIpc) is 3.05. The molecule has 0 saturated carbocycles. The van der Waals surface area contributed by atoms with Gasteiger partial charge in [0.1, 0.15) is 10.4 Å². The summed E-state index contributed by atoms with van der Waals surface area (Å²) in [6.07, 6.45) is 0.760. The molecular weight excluding hydrogens is 280 g/mol. The van der Waals surface area contributed by atoms with Crippen molar-refractivity contribution < 1.29 is 13.0 Å². The van der Waals surface area contributed by atoms with Crippen LogP contribution in [0.5, 0.6) is 0 Å². The molecular formula is C12H16N4O3S. The van der Waals surface area contributed by atoms with E-state index in [1.165, 1.54) is 10.4 Å². The predicted octanol–water partition coefficient (Wildman–Crippen LogP) is 0.582. The Morgan fingerprint density at radius 1 is 1.45 bits per heavy atom. The van der Waals surface area contributed by atoms with E-state index in [-0.39, 0.29) is 15.8 Å². The van der Waals surface area contributed by atoms with Gasteiger partial charge in [0.15, 0.2) is 5.52 Å². The van der Waals surface area contributed by atoms with Gasteiger partial charge in [-0.25, -0.2) is 13.0 Å². The fraction of sp³-hybridized carbons (Fsp3) is 0.500. The van der Waals surface area contributed by atoms with Crippen molar-refractivity contribution in [3.8, 4) is 0 Å². The van der Waals surface area contributed by atoms with Crippen LogP contribution in [0.3, 0.4) is 0 Å². The molecule has 1 aliphatic heterocycles. The van der Waals surface area contributed by atoms with Crippen LogP contribution < -0.4 is 5.73 Å². The molecule has 108 valence electrons. The number of fused-ring (bicyclic) bond motifs is 1. The van der Waals surface area contributed by atoms with Crippen LogP contribution >= 0.6 is 0 Å². The molecule has 3 rings (SSSR count). The van der Waals surface area contributed by atoms with Gasteiger partial charge in [-0.15, -0.1) is 0 Å². The molecule has 1 aliphatic rings. The monoisotopic (exact) mass is 296 g/mol. The Hall–Kier alpha value is -1.51. The van der Waals surface area contributed by atoms with Gasteiger partial charge in [0.05, 0.1) is 0 Å². The van der Waals surface area contributed by atoms with Crippen molar-refractivity contribution in [1.29, 1.82) is 0 Å². The predicted molar refractivity (Wildman–Crippen MR) is 72.3 cm³/mol. The molecule has 1 saturated heterocycles. The number of nitrogens with zero attached hydrogens (tertiary/aromatic N) is 3. The lowest BCUT2D eigenvalue weighted by molar-refractivity contribution is 0.315. The van der Waals surface area contributed by atoms with Crippen molar-refractivity contribution in [2.75, 3.05) is 19.6 Å². The van der Waals surface area contributed by atoms with Crippen LogP contribution in [0.15, 0.2) is 27.7 Å². The highest BCUT2D eigenvalue weighted by Gasteiger charge is 2.39. The lowest BCUT2D eigenvalue weighted by atomic mass is 9.90. The molecule has 1 aromatic carbocycles. The van der Waals surface area contributed by atoms with Crippen LogP contribution in [0, 0.1) is 5.41 Å². The van der Waals surface area contributed by atoms with Gasteiger partial charge in [0.2, 0.25) is 10.0 Å². The highest BCUT2D eigenvalue weighted by Crippen LogP contribution is 2.33. The number of aromatic nitrogens is 2. The minimum Gasteiger partial charge on any atom is -0.330 e. The third-order valence-electron chi connectivity index (χ3n) is 3.88. The number of nitrogens with two attached hydrogens (primary N) is 1. The number of sulfonamides is 1. The van der Waals surface area contributed by atoms with Gasteiger partial charge in [0, 0.05) is 13.1 Å². The zero-order valence-corrected chi connectivity index (χ0v) is 11.9. The first-order chi connectivity index (χ1) is 9.46. The van der Waals surface area contributed by atoms with Gasteiger partial charge in [-0.05, 0) is 40.8 Å². The Morgan fingerprint density at radius 3 is 2.95 bits per heavy atom. The second-order valence-corrected chi connectivity index (χ2v) is 7.40. The summed E-state index contributed by atoms with van der Waals surface area (Å²) in [5.41, 5.74) is 6.27. The molecule has 20 heavy (non-hydrogen) atoms. The SMILES string of the molecule is CC1(CN)CCN(S(=O)(=O)c2cccc3nonc23)C1. The summed E-state index contributed by atoms with van der Waals surface area (Å²) < 4.78 is 31.5. The minimum absolute atomic E-state index is 0.137. The normalized spacial score (nSPS) is 24.5. The van der Waals surface area contributed by atoms with E-state index in [9.17, 15) is 8.42 Å². The molecule has 8 heteroatoms. The smallest absolute Gasteiger partial charge is 0.245 e. The average molecular weight is 296 g/mol. The molecule has 2 heterocycles. The summed E-state index contributed by atoms with van der Waals surface area (Å²) in [5.74, 6) is 0. The highest BCUT2D eigenvalue weighted by molar-refractivity contribution is 7.89. The quantitative estimate of drug-likeness (QED) is 0.889. The third-order valence-corrected chi connectivity index (χ3v) is 5.76. The zero-order chi connectivity index (χ0) is 14.4. The van der Waals surface area contributed by atoms with Crippen LogP contribution in [0.25, 0.3) is 11.0 Å². The Balaban J connectivity index is 2.03. The molecule has 0 spiro atoms. The molecule has 0 radical (unpaired) electrons. The third kappa shape index (κ3) is 2.00. The van der Waals surface area contributed by atoms with E-state index < -0.39 is 10.0 Å². The highest BCUT2D eigenvalue weighted by atomic mass is 32.2. The first-order valence-corrected chi connectivity index (χ1v) is 7.82. The van der Waals surface area contributed by atoms with Crippen LogP contribution in [-0.2, 0) is 10.0 Å². The first kappa shape index (κ1) is 13.5. The Labute approximate surface area is 116 Å². The summed E-state index contributed by atoms with van der Waals surface area (Å²) in [7, 11) is -3.60. The second kappa shape index (κ2) is 4.51. The molecule has 0 amide bonds. The van der Waals surface area contributed by atoms with Crippen LogP contribution in [0.4, 0.5) is 0 Å². The van der Waals surface area contributed by atoms with E-state index in [0.29, 0.717) is 25.2 Å². The van der Waals surface area contributed by atoms with Crippen molar-refractivity contribution in [2.45, 2.75) is 18.2 Å². The molecule has 1 aromatic heterocycles. The maximum absolute atomic E-state index is 12.7. The summed E-state index contributed by atoms with van der Waals surface area (Å²) in [5, 5.41) is 7.37. The van der Waals surface area contributed by atoms with Crippen molar-refractivity contribution >= 4 is 21.1 Å². The van der Waals surface area contributed by atoms with Crippen LogP contribution in [0.1, 0.15) is 13.3 Å². The van der Waals surface area contributed by atoms with E-state index in [2.05, 4.69) is 14.9 Å². The maximum atomic E-state index is 12.7. The molecule has 7 nitrogen and oxygen atoms in total. The molecule has 1 fully saturated rings. The number of benzene rings is 1. The maximum Gasteiger partial charge on any atom is 0.245 e. The van der Waals surface area contributed by atoms with Gasteiger partial charge >= 0.3 is 0 Å². The topological polar surface area (TPSA) is 102 Å². The standard InChI is InChI=1S/C12H16N4O3S/c1-12(7-13)5-6-16(8-12)20(17,18)10-4-2-3-9-11(10)15-19-14-9/h2-4H,5-8,13H2,1H3. The Kier molecular flexibility index (Phi) is 3.03. The summed E-state index contributed by atoms with van der Waals surface area (Å²) in [6, 6.07) is 4.83. The molecule has 2 N–H and O–H groups in total. The van der Waals surface area contributed by atoms with Gasteiger partial charge in [0.25, 0.3) is 0 Å². The van der Waals surface area contributed by atoms with Crippen molar-refractivity contribution in [1.82, 2.24) is 14.6 Å². The van der Waals surface area contributed by atoms with E-state index >= 15 is 0 Å². The second-order valence-electron chi connectivity index (χ2n) is 5.49. The van der Waals surface area contributed by atoms with E-state index in [4.69, 9.17) is 5.73 Å². The largest absolute Gasteiger partial charge is 0.330 e. The molecule has 2 aromatic rings. The number of hydrogen-bond donors (Lipinski definition) is 1. The van der Waals surface area contributed by atoms with Crippen molar-refractivity contribution in [3.63, 3.8) is 0 Å². The van der Waals surface area contributed by atoms with E-state index in [0.717, 1.165) is 6.42 Å². The summed E-state index contributed by atoms with van der Waals surface area (Å²) in [6.45, 7) is 3.36. The van der Waals surface area contributed by atoms with Crippen LogP contribution in [-0.4, -0.2) is 42.7 Å². The minimum atomic E-state index is -3.60. The van der Waals surface area contributed by atoms with Crippen molar-refractivity contribution in [2.24, 2.45) is 11.1 Å². The van der Waals surface area contributed by atoms with E-state index in [1.54, 1.807) is 12.1 Å². The zero-order valence-electron chi connectivity index (χ0n) is 11.1. The van der Waals surface area contributed by atoms with Gasteiger partial charge in [-0.2, -0.15) is 4.31 Å². The Morgan fingerprint density at radius 2 is 2.25 bits per heavy atom. The Bertz CT molecular complexity index is 742. The molecule has 0 bridgehead atoms. The molecule has 1 unspecified atom stereocenters. The van der Waals surface area contributed by atoms with Gasteiger partial charge in [-0.1, -0.05) is 13.0 Å². The fourth-order valence-electron chi connectivity index (χ4n) is 2.48. The summed E-state index contributed by atoms with van der Waals surface area (Å²) in [4.78, 5) is 0.137. The number of rotatable bonds is 3. The van der Waals surface area contributed by atoms with E-state index in [1.807, 2.05) is 6.92 Å². The van der Waals surface area contributed by atoms with Crippen molar-refractivity contribution in [3.05, 3.63) is 18.2 Å². The van der Waals surface area contributed by atoms with Gasteiger partial charge in [-0.3, -0.25) is 0 Å². The lowest BCUT2D eigenvalue weighted by Gasteiger charge is -2.22. The van der Waals surface area contributed by atoms with Gasteiger partial charge < -0.3 is 5.73 Å². The first-order valence-electron chi connectivity index (χ1n) is 6.38. The fourth-order valence-corrected chi connectivity index (χ4v) is 4.21. The number of hydrogen-bond acceptors (Lipinski definition) is 6. The summed E-state index contributed by atoms with van der Waals surface area (Å²) >= 11 is 0. The molecule has 0 aliphatic carbocycles.